The number of benzene rings is 1. The summed E-state index contributed by atoms with van der Waals surface area (Å²) < 4.78 is 32.2. The maximum absolute atomic E-state index is 13.7. The molecule has 2 heterocycles. The summed E-state index contributed by atoms with van der Waals surface area (Å²) in [7, 11) is 1.27. The number of halogens is 2. The van der Waals surface area contributed by atoms with E-state index in [4.69, 9.17) is 4.74 Å². The fraction of sp³-hybridized carbons (Fsp3) is 0.526. The minimum Gasteiger partial charge on any atom is -0.493 e. The number of methoxy groups -OCH3 is 1. The number of amides is 2. The van der Waals surface area contributed by atoms with Gasteiger partial charge in [-0.25, -0.2) is 4.39 Å². The van der Waals surface area contributed by atoms with Crippen LogP contribution >= 0.6 is 0 Å². The Labute approximate surface area is 161 Å². The number of Topliss-reactive ketones (excluding diaryl/α,β-unsaturated/α-hetero) is 1. The van der Waals surface area contributed by atoms with Crippen molar-refractivity contribution in [3.05, 3.63) is 23.8 Å². The average Bonchev–Trinajstić information content (AvgIpc) is 3.00. The molecule has 0 bridgehead atoms. The number of anilines is 1. The number of nitrogens with zero attached hydrogens (tertiary/aromatic N) is 2. The maximum Gasteiger partial charge on any atom is 0.228 e. The smallest absolute Gasteiger partial charge is 0.228 e. The molecule has 0 unspecified atom stereocenters. The van der Waals surface area contributed by atoms with E-state index in [9.17, 15) is 23.2 Å². The van der Waals surface area contributed by atoms with Gasteiger partial charge in [0.15, 0.2) is 17.3 Å². The molecule has 152 valence electrons. The lowest BCUT2D eigenvalue weighted by molar-refractivity contribution is -0.136. The number of carbonyl (C=O) groups excluding carboxylic acids is 3. The van der Waals surface area contributed by atoms with E-state index >= 15 is 0 Å². The summed E-state index contributed by atoms with van der Waals surface area (Å²) in [6, 6.07) is 1.96. The van der Waals surface area contributed by atoms with E-state index in [1.807, 2.05) is 4.90 Å². The Morgan fingerprint density at radius 2 is 1.93 bits per heavy atom. The molecular weight excluding hydrogens is 372 g/mol. The van der Waals surface area contributed by atoms with Crippen LogP contribution in [-0.4, -0.2) is 61.8 Å². The van der Waals surface area contributed by atoms with Crippen LogP contribution in [0.15, 0.2) is 12.1 Å². The molecule has 9 heteroatoms. The molecule has 2 saturated heterocycles. The summed E-state index contributed by atoms with van der Waals surface area (Å²) >= 11 is 0. The molecule has 1 aromatic carbocycles. The highest BCUT2D eigenvalue weighted by Gasteiger charge is 2.34. The minimum absolute atomic E-state index is 0.0866. The standard InChI is InChI=1S/C19H23F2N3O4/c1-11(7-14-15(25)10-17(26)22-14)19(27)24-5-3-23(4-6-24)12-8-13(20)18(21)16(9-12)28-2/h8-9,11,14H,3-7,10H2,1-2H3,(H,22,26)/t11-,14+/m0/s1. The Hall–Kier alpha value is -2.71. The highest BCUT2D eigenvalue weighted by molar-refractivity contribution is 6.07. The lowest BCUT2D eigenvalue weighted by atomic mass is 9.98. The lowest BCUT2D eigenvalue weighted by Crippen LogP contribution is -2.50. The van der Waals surface area contributed by atoms with E-state index < -0.39 is 23.6 Å². The first-order chi connectivity index (χ1) is 13.3. The normalized spacial score (nSPS) is 20.9. The molecule has 0 aliphatic carbocycles. The second-order valence-corrected chi connectivity index (χ2v) is 7.16. The molecule has 2 amide bonds. The van der Waals surface area contributed by atoms with Crippen LogP contribution in [0.4, 0.5) is 14.5 Å². The van der Waals surface area contributed by atoms with Gasteiger partial charge in [-0.1, -0.05) is 6.92 Å². The van der Waals surface area contributed by atoms with Gasteiger partial charge >= 0.3 is 0 Å². The molecule has 1 N–H and O–H groups in total. The SMILES string of the molecule is COc1cc(N2CCN(C(=O)[C@@H](C)C[C@H]3NC(=O)CC3=O)CC2)cc(F)c1F. The van der Waals surface area contributed by atoms with Crippen LogP contribution in [0, 0.1) is 17.6 Å². The van der Waals surface area contributed by atoms with Crippen molar-refractivity contribution in [1.82, 2.24) is 10.2 Å². The van der Waals surface area contributed by atoms with Crippen molar-refractivity contribution in [2.24, 2.45) is 5.92 Å². The maximum atomic E-state index is 13.7. The van der Waals surface area contributed by atoms with Crippen molar-refractivity contribution in [3.8, 4) is 5.75 Å². The van der Waals surface area contributed by atoms with Crippen molar-refractivity contribution in [1.29, 1.82) is 0 Å². The quantitative estimate of drug-likeness (QED) is 0.756. The molecule has 2 aliphatic rings. The first-order valence-corrected chi connectivity index (χ1v) is 9.19. The van der Waals surface area contributed by atoms with Crippen molar-refractivity contribution in [3.63, 3.8) is 0 Å². The van der Waals surface area contributed by atoms with Gasteiger partial charge < -0.3 is 19.9 Å². The van der Waals surface area contributed by atoms with Gasteiger partial charge in [-0.05, 0) is 6.42 Å². The third-order valence-corrected chi connectivity index (χ3v) is 5.23. The molecule has 0 spiro atoms. The molecule has 0 aromatic heterocycles. The van der Waals surface area contributed by atoms with E-state index in [0.29, 0.717) is 31.9 Å². The summed E-state index contributed by atoms with van der Waals surface area (Å²) in [5.74, 6) is -3.14. The van der Waals surface area contributed by atoms with E-state index in [0.717, 1.165) is 6.07 Å². The second-order valence-electron chi connectivity index (χ2n) is 7.16. The molecule has 1 aromatic rings. The molecule has 3 rings (SSSR count). The number of hydrogen-bond donors (Lipinski definition) is 1. The summed E-state index contributed by atoms with van der Waals surface area (Å²) in [6.07, 6.45) is 0.159. The molecule has 7 nitrogen and oxygen atoms in total. The predicted octanol–water partition coefficient (Wildman–Crippen LogP) is 1.11. The minimum atomic E-state index is -1.03. The number of rotatable bonds is 5. The number of carbonyl (C=O) groups is 3. The monoisotopic (exact) mass is 395 g/mol. The number of nitrogens with one attached hydrogen (secondary N) is 1. The third kappa shape index (κ3) is 4.07. The fourth-order valence-electron chi connectivity index (χ4n) is 3.63. The molecule has 2 atom stereocenters. The van der Waals surface area contributed by atoms with Crippen LogP contribution < -0.4 is 15.0 Å². The van der Waals surface area contributed by atoms with E-state index in [1.54, 1.807) is 11.8 Å². The molecule has 28 heavy (non-hydrogen) atoms. The topological polar surface area (TPSA) is 79.0 Å². The summed E-state index contributed by atoms with van der Waals surface area (Å²) in [5.41, 5.74) is 0.496. The Morgan fingerprint density at radius 1 is 1.25 bits per heavy atom. The van der Waals surface area contributed by atoms with Crippen molar-refractivity contribution in [2.75, 3.05) is 38.2 Å². The van der Waals surface area contributed by atoms with Crippen LogP contribution in [0.25, 0.3) is 0 Å². The van der Waals surface area contributed by atoms with Crippen molar-refractivity contribution in [2.45, 2.75) is 25.8 Å². The van der Waals surface area contributed by atoms with Gasteiger partial charge in [0.05, 0.1) is 19.6 Å². The van der Waals surface area contributed by atoms with Crippen LogP contribution in [0.1, 0.15) is 19.8 Å². The van der Waals surface area contributed by atoms with Gasteiger partial charge in [0.2, 0.25) is 17.6 Å². The average molecular weight is 395 g/mol. The molecule has 0 radical (unpaired) electrons. The summed E-state index contributed by atoms with van der Waals surface area (Å²) in [6.45, 7) is 3.52. The van der Waals surface area contributed by atoms with Gasteiger partial charge in [-0.15, -0.1) is 0 Å². The Kier molecular flexibility index (Phi) is 5.81. The fourth-order valence-corrected chi connectivity index (χ4v) is 3.63. The van der Waals surface area contributed by atoms with Crippen LogP contribution in [0.3, 0.4) is 0 Å². The highest BCUT2D eigenvalue weighted by atomic mass is 19.2. The highest BCUT2D eigenvalue weighted by Crippen LogP contribution is 2.28. The first kappa shape index (κ1) is 20.0. The van der Waals surface area contributed by atoms with E-state index in [2.05, 4.69) is 5.32 Å². The summed E-state index contributed by atoms with van der Waals surface area (Å²) in [5, 5.41) is 2.60. The van der Waals surface area contributed by atoms with Gasteiger partial charge in [-0.3, -0.25) is 14.4 Å². The first-order valence-electron chi connectivity index (χ1n) is 9.19. The Balaban J connectivity index is 1.57. The largest absolute Gasteiger partial charge is 0.493 e. The molecule has 2 aliphatic heterocycles. The van der Waals surface area contributed by atoms with Gasteiger partial charge in [0, 0.05) is 49.9 Å². The van der Waals surface area contributed by atoms with Gasteiger partial charge in [0.1, 0.15) is 0 Å². The zero-order chi connectivity index (χ0) is 20.4. The number of ketones is 1. The molecule has 2 fully saturated rings. The second kappa shape index (κ2) is 8.12. The number of hydrogen-bond acceptors (Lipinski definition) is 5. The molecular formula is C19H23F2N3O4. The zero-order valence-electron chi connectivity index (χ0n) is 15.8. The van der Waals surface area contributed by atoms with E-state index in [1.165, 1.54) is 13.2 Å². The Morgan fingerprint density at radius 3 is 2.50 bits per heavy atom. The van der Waals surface area contributed by atoms with Gasteiger partial charge in [-0.2, -0.15) is 4.39 Å². The molecule has 0 saturated carbocycles. The number of piperazine rings is 1. The van der Waals surface area contributed by atoms with Gasteiger partial charge in [0.25, 0.3) is 0 Å². The summed E-state index contributed by atoms with van der Waals surface area (Å²) in [4.78, 5) is 39.3. The third-order valence-electron chi connectivity index (χ3n) is 5.23. The van der Waals surface area contributed by atoms with Crippen LogP contribution in [-0.2, 0) is 14.4 Å². The zero-order valence-corrected chi connectivity index (χ0v) is 15.8. The number of ether oxygens (including phenoxy) is 1. The van der Waals surface area contributed by atoms with E-state index in [-0.39, 0.29) is 36.2 Å². The van der Waals surface area contributed by atoms with Crippen molar-refractivity contribution >= 4 is 23.3 Å². The lowest BCUT2D eigenvalue weighted by Gasteiger charge is -2.37. The predicted molar refractivity (Wildman–Crippen MR) is 97.0 cm³/mol. The van der Waals surface area contributed by atoms with Crippen molar-refractivity contribution < 1.29 is 27.9 Å². The van der Waals surface area contributed by atoms with Crippen LogP contribution in [0.5, 0.6) is 5.75 Å². The Bertz CT molecular complexity index is 794. The van der Waals surface area contributed by atoms with Crippen LogP contribution in [0.2, 0.25) is 0 Å².